The zero-order chi connectivity index (χ0) is 21.0. The third-order valence-corrected chi connectivity index (χ3v) is 8.90. The summed E-state index contributed by atoms with van der Waals surface area (Å²) >= 11 is 6.34. The van der Waals surface area contributed by atoms with Gasteiger partial charge in [0.1, 0.15) is 17.8 Å². The van der Waals surface area contributed by atoms with Crippen molar-refractivity contribution in [2.75, 3.05) is 24.6 Å². The Balaban J connectivity index is 1.09. The first-order valence-electron chi connectivity index (χ1n) is 12.1. The third kappa shape index (κ3) is 3.64. The van der Waals surface area contributed by atoms with Gasteiger partial charge in [-0.15, -0.1) is 11.6 Å². The van der Waals surface area contributed by atoms with Gasteiger partial charge in [0.15, 0.2) is 0 Å². The number of nitrogens with one attached hydrogen (secondary N) is 1. The van der Waals surface area contributed by atoms with Gasteiger partial charge in [-0.3, -0.25) is 4.99 Å². The molecule has 6 rings (SSSR count). The van der Waals surface area contributed by atoms with Gasteiger partial charge in [-0.25, -0.2) is 9.37 Å². The molecule has 31 heavy (non-hydrogen) atoms. The Morgan fingerprint density at radius 2 is 2.00 bits per heavy atom. The smallest absolute Gasteiger partial charge is 0.130 e. The Hall–Kier alpha value is -1.40. The summed E-state index contributed by atoms with van der Waals surface area (Å²) in [5.41, 5.74) is 1.03. The quantitative estimate of drug-likeness (QED) is 0.695. The number of halogens is 2. The van der Waals surface area contributed by atoms with E-state index in [4.69, 9.17) is 26.3 Å². The van der Waals surface area contributed by atoms with E-state index in [2.05, 4.69) is 22.3 Å². The second-order valence-electron chi connectivity index (χ2n) is 10.3. The van der Waals surface area contributed by atoms with Crippen LogP contribution in [0.3, 0.4) is 0 Å². The van der Waals surface area contributed by atoms with Crippen molar-refractivity contribution >= 4 is 23.3 Å². The SMILES string of the molecule is FC1CCC2C(COC23CCN(c2ccc(C4=NC5CCC(Cl)CC5N4)cn2)CC3)C1. The number of aliphatic imine (C=N–C) groups is 1. The lowest BCUT2D eigenvalue weighted by Gasteiger charge is -2.44. The molecule has 1 spiro atoms. The zero-order valence-corrected chi connectivity index (χ0v) is 18.7. The van der Waals surface area contributed by atoms with E-state index in [-0.39, 0.29) is 11.0 Å². The molecule has 5 nitrogen and oxygen atoms in total. The zero-order valence-electron chi connectivity index (χ0n) is 18.0. The van der Waals surface area contributed by atoms with E-state index in [0.717, 1.165) is 75.4 Å². The van der Waals surface area contributed by atoms with Crippen LogP contribution >= 0.6 is 11.6 Å². The monoisotopic (exact) mass is 446 g/mol. The van der Waals surface area contributed by atoms with E-state index in [9.17, 15) is 4.39 Å². The van der Waals surface area contributed by atoms with E-state index in [1.54, 1.807) is 0 Å². The van der Waals surface area contributed by atoms with Crippen LogP contribution in [0.25, 0.3) is 0 Å². The van der Waals surface area contributed by atoms with Gasteiger partial charge < -0.3 is 15.0 Å². The first-order valence-corrected chi connectivity index (χ1v) is 12.5. The fraction of sp³-hybridized carbons (Fsp3) is 0.750. The first-order chi connectivity index (χ1) is 15.1. The first kappa shape index (κ1) is 20.2. The van der Waals surface area contributed by atoms with Crippen LogP contribution in [0.5, 0.6) is 0 Å². The molecule has 6 unspecified atom stereocenters. The number of hydrogen-bond acceptors (Lipinski definition) is 5. The molecule has 2 saturated heterocycles. The Bertz CT molecular complexity index is 840. The highest BCUT2D eigenvalue weighted by molar-refractivity contribution is 6.20. The third-order valence-electron chi connectivity index (χ3n) is 8.50. The molecule has 1 aromatic heterocycles. The largest absolute Gasteiger partial charge is 0.374 e. The van der Waals surface area contributed by atoms with Crippen LogP contribution in [0.15, 0.2) is 23.3 Å². The van der Waals surface area contributed by atoms with E-state index in [1.165, 1.54) is 0 Å². The summed E-state index contributed by atoms with van der Waals surface area (Å²) in [6, 6.07) is 4.98. The highest BCUT2D eigenvalue weighted by atomic mass is 35.5. The minimum Gasteiger partial charge on any atom is -0.374 e. The van der Waals surface area contributed by atoms with Gasteiger partial charge in [0.25, 0.3) is 0 Å². The predicted octanol–water partition coefficient (Wildman–Crippen LogP) is 4.08. The Labute approximate surface area is 188 Å². The molecule has 0 aromatic carbocycles. The molecular weight excluding hydrogens is 415 g/mol. The van der Waals surface area contributed by atoms with Crippen molar-refractivity contribution in [1.82, 2.24) is 10.3 Å². The molecule has 5 aliphatic rings. The minimum absolute atomic E-state index is 0.0275. The van der Waals surface area contributed by atoms with Crippen LogP contribution in [0.2, 0.25) is 0 Å². The summed E-state index contributed by atoms with van der Waals surface area (Å²) < 4.78 is 20.2. The van der Waals surface area contributed by atoms with Crippen molar-refractivity contribution in [2.45, 2.75) is 80.6 Å². The number of fused-ring (bicyclic) bond motifs is 3. The van der Waals surface area contributed by atoms with Crippen molar-refractivity contribution < 1.29 is 9.13 Å². The molecule has 4 heterocycles. The molecule has 2 aliphatic carbocycles. The van der Waals surface area contributed by atoms with Crippen molar-refractivity contribution in [3.05, 3.63) is 23.9 Å². The maximum Gasteiger partial charge on any atom is 0.130 e. The molecule has 0 radical (unpaired) electrons. The van der Waals surface area contributed by atoms with E-state index in [1.807, 2.05) is 6.20 Å². The topological polar surface area (TPSA) is 49.8 Å². The molecule has 7 heteroatoms. The van der Waals surface area contributed by atoms with Gasteiger partial charge in [-0.1, -0.05) is 0 Å². The summed E-state index contributed by atoms with van der Waals surface area (Å²) in [5, 5.41) is 3.83. The van der Waals surface area contributed by atoms with Gasteiger partial charge >= 0.3 is 0 Å². The Kier molecular flexibility index (Phi) is 5.14. The van der Waals surface area contributed by atoms with Crippen molar-refractivity contribution in [2.24, 2.45) is 16.8 Å². The molecule has 0 amide bonds. The van der Waals surface area contributed by atoms with Crippen LogP contribution < -0.4 is 10.2 Å². The fourth-order valence-corrected chi connectivity index (χ4v) is 7.07. The summed E-state index contributed by atoms with van der Waals surface area (Å²) in [6.07, 6.45) is 8.86. The van der Waals surface area contributed by atoms with Gasteiger partial charge in [-0.2, -0.15) is 0 Å². The fourth-order valence-electron chi connectivity index (χ4n) is 6.76. The second kappa shape index (κ2) is 7.87. The second-order valence-corrected chi connectivity index (χ2v) is 10.9. The maximum atomic E-state index is 13.8. The predicted molar refractivity (Wildman–Crippen MR) is 121 cm³/mol. The number of rotatable bonds is 2. The number of ether oxygens (including phenoxy) is 1. The number of aromatic nitrogens is 1. The molecule has 2 saturated carbocycles. The highest BCUT2D eigenvalue weighted by Gasteiger charge is 2.52. The molecular formula is C24H32ClFN4O. The molecule has 4 fully saturated rings. The molecule has 168 valence electrons. The number of hydrogen-bond donors (Lipinski definition) is 1. The summed E-state index contributed by atoms with van der Waals surface area (Å²) in [6.45, 7) is 2.66. The van der Waals surface area contributed by atoms with Crippen molar-refractivity contribution in [1.29, 1.82) is 0 Å². The average Bonchev–Trinajstić information content (AvgIpc) is 3.36. The van der Waals surface area contributed by atoms with Crippen LogP contribution in [0.1, 0.15) is 56.9 Å². The van der Waals surface area contributed by atoms with Crippen molar-refractivity contribution in [3.63, 3.8) is 0 Å². The van der Waals surface area contributed by atoms with E-state index >= 15 is 0 Å². The van der Waals surface area contributed by atoms with Gasteiger partial charge in [0.2, 0.25) is 0 Å². The normalized spacial score (nSPS) is 39.0. The van der Waals surface area contributed by atoms with Crippen LogP contribution in [0.4, 0.5) is 10.2 Å². The lowest BCUT2D eigenvalue weighted by atomic mass is 9.68. The number of nitrogens with zero attached hydrogens (tertiary/aromatic N) is 3. The Morgan fingerprint density at radius 1 is 1.13 bits per heavy atom. The average molecular weight is 447 g/mol. The number of anilines is 1. The van der Waals surface area contributed by atoms with Gasteiger partial charge in [-0.05, 0) is 75.3 Å². The number of alkyl halides is 2. The molecule has 0 bridgehead atoms. The van der Waals surface area contributed by atoms with Crippen LogP contribution in [-0.4, -0.2) is 59.7 Å². The molecule has 3 aliphatic heterocycles. The van der Waals surface area contributed by atoms with E-state index < -0.39 is 6.17 Å². The molecule has 1 N–H and O–H groups in total. The lowest BCUT2D eigenvalue weighted by Crippen LogP contribution is -2.49. The summed E-state index contributed by atoms with van der Waals surface area (Å²) in [7, 11) is 0. The van der Waals surface area contributed by atoms with E-state index in [0.29, 0.717) is 36.8 Å². The van der Waals surface area contributed by atoms with Gasteiger partial charge in [0, 0.05) is 30.2 Å². The van der Waals surface area contributed by atoms with Crippen LogP contribution in [0, 0.1) is 11.8 Å². The number of piperidine rings is 1. The number of amidine groups is 1. The Morgan fingerprint density at radius 3 is 2.81 bits per heavy atom. The summed E-state index contributed by atoms with van der Waals surface area (Å²) in [5.74, 6) is 2.95. The van der Waals surface area contributed by atoms with Crippen molar-refractivity contribution in [3.8, 4) is 0 Å². The molecule has 1 aromatic rings. The highest BCUT2D eigenvalue weighted by Crippen LogP contribution is 2.50. The lowest BCUT2D eigenvalue weighted by molar-refractivity contribution is -0.0446. The van der Waals surface area contributed by atoms with Gasteiger partial charge in [0.05, 0.1) is 24.3 Å². The minimum atomic E-state index is -0.623. The summed E-state index contributed by atoms with van der Waals surface area (Å²) in [4.78, 5) is 12.0. The maximum absolute atomic E-state index is 13.8. The van der Waals surface area contributed by atoms with Crippen LogP contribution in [-0.2, 0) is 4.74 Å². The molecule has 6 atom stereocenters. The number of pyridine rings is 1. The standard InChI is InChI=1S/C24H32ClFN4O/c25-17-2-5-20-21(12-17)29-23(28-20)15-1-6-22(27-13-15)30-9-7-24(8-10-30)19-4-3-18(26)11-16(19)14-31-24/h1,6,13,16-21H,2-5,7-12,14H2,(H,28,29).